The number of nitrogens with zero attached hydrogens (tertiary/aromatic N) is 1. The standard InChI is InChI=1S/C8H14N2O3/c1-2-3-4-5-8(13)9-10(6-11)7-12/h6-7H,2-5H2,1H3,(H,9,13). The van der Waals surface area contributed by atoms with Crippen molar-refractivity contribution in [3.05, 3.63) is 0 Å². The zero-order valence-electron chi connectivity index (χ0n) is 7.66. The second-order valence-electron chi connectivity index (χ2n) is 2.61. The van der Waals surface area contributed by atoms with Gasteiger partial charge in [-0.25, -0.2) is 0 Å². The van der Waals surface area contributed by atoms with E-state index < -0.39 is 0 Å². The van der Waals surface area contributed by atoms with Crippen molar-refractivity contribution in [2.24, 2.45) is 0 Å². The number of unbranched alkanes of at least 4 members (excludes halogenated alkanes) is 2. The van der Waals surface area contributed by atoms with Gasteiger partial charge in [-0.15, -0.1) is 0 Å². The fourth-order valence-electron chi connectivity index (χ4n) is 0.813. The molecule has 0 fully saturated rings. The Morgan fingerprint density at radius 3 is 2.38 bits per heavy atom. The summed E-state index contributed by atoms with van der Waals surface area (Å²) in [6.07, 6.45) is 3.61. The molecule has 0 aromatic carbocycles. The monoisotopic (exact) mass is 186 g/mol. The van der Waals surface area contributed by atoms with Crippen molar-refractivity contribution in [3.63, 3.8) is 0 Å². The minimum absolute atomic E-state index is 0.255. The summed E-state index contributed by atoms with van der Waals surface area (Å²) in [5.74, 6) is -0.312. The van der Waals surface area contributed by atoms with Gasteiger partial charge in [0.2, 0.25) is 18.7 Å². The fraction of sp³-hybridized carbons (Fsp3) is 0.625. The number of imide groups is 1. The SMILES string of the molecule is CCCCCC(=O)NN(C=O)C=O. The lowest BCUT2D eigenvalue weighted by molar-refractivity contribution is -0.140. The predicted octanol–water partition coefficient (Wildman–Crippen LogP) is 0.213. The molecule has 3 amide bonds. The van der Waals surface area contributed by atoms with E-state index in [4.69, 9.17) is 0 Å². The molecule has 5 nitrogen and oxygen atoms in total. The fourth-order valence-corrected chi connectivity index (χ4v) is 0.813. The first kappa shape index (κ1) is 11.6. The number of hydrogen-bond donors (Lipinski definition) is 1. The Hall–Kier alpha value is -1.39. The highest BCUT2D eigenvalue weighted by molar-refractivity contribution is 5.80. The number of nitrogens with one attached hydrogen (secondary N) is 1. The minimum Gasteiger partial charge on any atom is -0.276 e. The Kier molecular flexibility index (Phi) is 6.49. The lowest BCUT2D eigenvalue weighted by Gasteiger charge is -2.09. The van der Waals surface area contributed by atoms with Crippen molar-refractivity contribution in [1.29, 1.82) is 0 Å². The lowest BCUT2D eigenvalue weighted by Crippen LogP contribution is -2.40. The van der Waals surface area contributed by atoms with E-state index in [0.29, 0.717) is 11.4 Å². The van der Waals surface area contributed by atoms with Gasteiger partial charge < -0.3 is 0 Å². The molecule has 0 aliphatic heterocycles. The molecule has 0 saturated heterocycles. The van der Waals surface area contributed by atoms with Gasteiger partial charge in [-0.3, -0.25) is 19.8 Å². The Bertz CT molecular complexity index is 174. The molecule has 5 heteroatoms. The van der Waals surface area contributed by atoms with Crippen molar-refractivity contribution in [3.8, 4) is 0 Å². The van der Waals surface area contributed by atoms with Crippen LogP contribution in [-0.2, 0) is 14.4 Å². The third-order valence-electron chi connectivity index (χ3n) is 1.49. The highest BCUT2D eigenvalue weighted by Gasteiger charge is 2.04. The molecule has 74 valence electrons. The zero-order chi connectivity index (χ0) is 10.1. The van der Waals surface area contributed by atoms with Crippen LogP contribution in [0.5, 0.6) is 0 Å². The summed E-state index contributed by atoms with van der Waals surface area (Å²) in [4.78, 5) is 31.1. The quantitative estimate of drug-likeness (QED) is 0.351. The molecule has 0 heterocycles. The third kappa shape index (κ3) is 5.84. The van der Waals surface area contributed by atoms with Crippen LogP contribution < -0.4 is 5.43 Å². The first-order chi connectivity index (χ1) is 6.24. The van der Waals surface area contributed by atoms with Crippen LogP contribution in [0, 0.1) is 0 Å². The van der Waals surface area contributed by atoms with Gasteiger partial charge in [0.15, 0.2) is 0 Å². The molecule has 0 rings (SSSR count). The molecule has 0 unspecified atom stereocenters. The van der Waals surface area contributed by atoms with E-state index in [2.05, 4.69) is 5.43 Å². The third-order valence-corrected chi connectivity index (χ3v) is 1.49. The summed E-state index contributed by atoms with van der Waals surface area (Å²) in [6, 6.07) is 0. The molecule has 0 aromatic rings. The average molecular weight is 186 g/mol. The largest absolute Gasteiger partial charge is 0.276 e. The molecule has 0 aliphatic rings. The number of carbonyl (C=O) groups excluding carboxylic acids is 3. The molecule has 0 spiro atoms. The van der Waals surface area contributed by atoms with E-state index in [1.165, 1.54) is 0 Å². The summed E-state index contributed by atoms with van der Waals surface area (Å²) >= 11 is 0. The van der Waals surface area contributed by atoms with Gasteiger partial charge in [-0.05, 0) is 6.42 Å². The maximum atomic E-state index is 11.0. The lowest BCUT2D eigenvalue weighted by atomic mass is 10.2. The van der Waals surface area contributed by atoms with Crippen LogP contribution in [0.2, 0.25) is 0 Å². The first-order valence-corrected chi connectivity index (χ1v) is 4.23. The second kappa shape index (κ2) is 7.27. The molecule has 0 saturated carbocycles. The summed E-state index contributed by atoms with van der Waals surface area (Å²) in [5.41, 5.74) is 2.13. The maximum Gasteiger partial charge on any atom is 0.238 e. The predicted molar refractivity (Wildman–Crippen MR) is 46.3 cm³/mol. The molecule has 0 atom stereocenters. The number of rotatable bonds is 7. The van der Waals surface area contributed by atoms with E-state index in [1.54, 1.807) is 0 Å². The highest BCUT2D eigenvalue weighted by Crippen LogP contribution is 1.97. The van der Waals surface area contributed by atoms with Crippen LogP contribution in [0.15, 0.2) is 0 Å². The van der Waals surface area contributed by atoms with Crippen LogP contribution >= 0.6 is 0 Å². The van der Waals surface area contributed by atoms with E-state index >= 15 is 0 Å². The topological polar surface area (TPSA) is 66.5 Å². The van der Waals surface area contributed by atoms with E-state index in [1.807, 2.05) is 6.92 Å². The van der Waals surface area contributed by atoms with Crippen LogP contribution in [0.3, 0.4) is 0 Å². The van der Waals surface area contributed by atoms with E-state index in [-0.39, 0.29) is 18.7 Å². The number of carbonyl (C=O) groups is 3. The molecule has 0 aromatic heterocycles. The Balaban J connectivity index is 3.60. The van der Waals surface area contributed by atoms with Crippen LogP contribution in [0.4, 0.5) is 0 Å². The van der Waals surface area contributed by atoms with Gasteiger partial charge in [0.1, 0.15) is 0 Å². The van der Waals surface area contributed by atoms with Gasteiger partial charge in [0, 0.05) is 6.42 Å². The molecule has 0 radical (unpaired) electrons. The van der Waals surface area contributed by atoms with Gasteiger partial charge >= 0.3 is 0 Å². The molecule has 13 heavy (non-hydrogen) atoms. The summed E-state index contributed by atoms with van der Waals surface area (Å²) in [5, 5.41) is 0.564. The maximum absolute atomic E-state index is 11.0. The Morgan fingerprint density at radius 1 is 1.31 bits per heavy atom. The van der Waals surface area contributed by atoms with E-state index in [9.17, 15) is 14.4 Å². The summed E-state index contributed by atoms with van der Waals surface area (Å²) < 4.78 is 0. The van der Waals surface area contributed by atoms with Gasteiger partial charge in [-0.1, -0.05) is 19.8 Å². The van der Waals surface area contributed by atoms with Crippen molar-refractivity contribution in [2.45, 2.75) is 32.6 Å². The van der Waals surface area contributed by atoms with Crippen molar-refractivity contribution >= 4 is 18.7 Å². The smallest absolute Gasteiger partial charge is 0.238 e. The van der Waals surface area contributed by atoms with Crippen LogP contribution in [0.25, 0.3) is 0 Å². The Labute approximate surface area is 77.1 Å². The molecule has 0 bridgehead atoms. The second-order valence-corrected chi connectivity index (χ2v) is 2.61. The van der Waals surface area contributed by atoms with Gasteiger partial charge in [-0.2, -0.15) is 5.01 Å². The van der Waals surface area contributed by atoms with Gasteiger partial charge in [0.25, 0.3) is 0 Å². The van der Waals surface area contributed by atoms with Crippen molar-refractivity contribution in [1.82, 2.24) is 10.4 Å². The van der Waals surface area contributed by atoms with E-state index in [0.717, 1.165) is 19.3 Å². The van der Waals surface area contributed by atoms with Crippen molar-refractivity contribution in [2.75, 3.05) is 0 Å². The highest BCUT2D eigenvalue weighted by atomic mass is 16.2. The Morgan fingerprint density at radius 2 is 1.92 bits per heavy atom. The van der Waals surface area contributed by atoms with Crippen LogP contribution in [0.1, 0.15) is 32.6 Å². The number of hydrazine groups is 1. The number of hydrogen-bond acceptors (Lipinski definition) is 3. The first-order valence-electron chi connectivity index (χ1n) is 4.23. The number of amides is 3. The van der Waals surface area contributed by atoms with Crippen LogP contribution in [-0.4, -0.2) is 23.7 Å². The molecule has 0 aliphatic carbocycles. The summed E-state index contributed by atoms with van der Waals surface area (Å²) in [7, 11) is 0. The zero-order valence-corrected chi connectivity index (χ0v) is 7.66. The normalized spacial score (nSPS) is 9.00. The minimum atomic E-state index is -0.312. The average Bonchev–Trinajstić information content (AvgIpc) is 2.14. The molecular formula is C8H14N2O3. The van der Waals surface area contributed by atoms with Gasteiger partial charge in [0.05, 0.1) is 0 Å². The molecule has 1 N–H and O–H groups in total. The van der Waals surface area contributed by atoms with Crippen molar-refractivity contribution < 1.29 is 14.4 Å². The molecular weight excluding hydrogens is 172 g/mol. The summed E-state index contributed by atoms with van der Waals surface area (Å²) in [6.45, 7) is 2.03.